The number of aryl methyl sites for hydroxylation is 1. The zero-order chi connectivity index (χ0) is 19.7. The summed E-state index contributed by atoms with van der Waals surface area (Å²) < 4.78 is 0. The molecule has 0 aliphatic heterocycles. The van der Waals surface area contributed by atoms with E-state index in [0.717, 1.165) is 11.9 Å². The molecular weight excluding hydrogens is 338 g/mol. The van der Waals surface area contributed by atoms with Crippen LogP contribution in [0.4, 0.5) is 0 Å². The number of nitrogens with zero attached hydrogens (tertiary/aromatic N) is 1. The lowest BCUT2D eigenvalue weighted by atomic mass is 10.0. The van der Waals surface area contributed by atoms with Crippen molar-refractivity contribution in [1.82, 2.24) is 4.98 Å². The lowest BCUT2D eigenvalue weighted by molar-refractivity contribution is 0.529. The Bertz CT molecular complexity index is 618. The maximum atomic E-state index is 4.78. The molecule has 0 radical (unpaired) electrons. The number of hydrogen-bond acceptors (Lipinski definition) is 1. The predicted molar refractivity (Wildman–Crippen MR) is 125 cm³/mol. The molecule has 0 amide bonds. The molecule has 0 saturated heterocycles. The Kier molecular flexibility index (Phi) is 12.7. The van der Waals surface area contributed by atoms with E-state index in [2.05, 4.69) is 43.3 Å². The van der Waals surface area contributed by atoms with E-state index in [1.165, 1.54) is 114 Å². The van der Waals surface area contributed by atoms with Crippen LogP contribution >= 0.6 is 0 Å². The van der Waals surface area contributed by atoms with Crippen LogP contribution < -0.4 is 0 Å². The van der Waals surface area contributed by atoms with E-state index in [4.69, 9.17) is 4.98 Å². The van der Waals surface area contributed by atoms with Gasteiger partial charge in [-0.15, -0.1) is 0 Å². The fourth-order valence-electron chi connectivity index (χ4n) is 4.10. The molecule has 0 unspecified atom stereocenters. The summed E-state index contributed by atoms with van der Waals surface area (Å²) in [5.74, 6) is 0. The normalized spacial score (nSPS) is 11.3. The standard InChI is InChI=1S/C27H43N/c1-2-3-4-5-6-7-8-9-10-11-12-13-14-15-16-17-21-26-24-23-25-20-18-19-22-27(25)28-26/h18-20,22-24H,2-17,21H2,1H3. The third-order valence-corrected chi connectivity index (χ3v) is 5.94. The van der Waals surface area contributed by atoms with Crippen LogP contribution in [0.5, 0.6) is 0 Å². The Morgan fingerprint density at radius 3 is 1.61 bits per heavy atom. The first-order valence-electron chi connectivity index (χ1n) is 12.2. The zero-order valence-corrected chi connectivity index (χ0v) is 18.4. The van der Waals surface area contributed by atoms with E-state index in [-0.39, 0.29) is 0 Å². The van der Waals surface area contributed by atoms with Crippen LogP contribution in [-0.4, -0.2) is 4.98 Å². The molecule has 28 heavy (non-hydrogen) atoms. The van der Waals surface area contributed by atoms with Crippen LogP contribution in [0.25, 0.3) is 10.9 Å². The number of rotatable bonds is 17. The molecular formula is C27H43N. The highest BCUT2D eigenvalue weighted by molar-refractivity contribution is 5.78. The maximum Gasteiger partial charge on any atom is 0.0705 e. The van der Waals surface area contributed by atoms with Crippen molar-refractivity contribution in [3.05, 3.63) is 42.1 Å². The Hall–Kier alpha value is -1.37. The van der Waals surface area contributed by atoms with Gasteiger partial charge in [-0.1, -0.05) is 128 Å². The molecule has 2 aromatic rings. The third kappa shape index (κ3) is 10.2. The van der Waals surface area contributed by atoms with Crippen molar-refractivity contribution in [2.24, 2.45) is 0 Å². The molecule has 0 aliphatic carbocycles. The van der Waals surface area contributed by atoms with Crippen LogP contribution in [0.2, 0.25) is 0 Å². The summed E-state index contributed by atoms with van der Waals surface area (Å²) in [5, 5.41) is 1.25. The number of hydrogen-bond donors (Lipinski definition) is 0. The SMILES string of the molecule is CCCCCCCCCCCCCCCCCCc1ccc2ccccc2n1. The van der Waals surface area contributed by atoms with Crippen molar-refractivity contribution >= 4 is 10.9 Å². The highest BCUT2D eigenvalue weighted by Crippen LogP contribution is 2.16. The van der Waals surface area contributed by atoms with Crippen LogP contribution in [-0.2, 0) is 6.42 Å². The topological polar surface area (TPSA) is 12.9 Å². The molecule has 0 atom stereocenters. The summed E-state index contributed by atoms with van der Waals surface area (Å²) in [6.45, 7) is 2.30. The van der Waals surface area contributed by atoms with Gasteiger partial charge in [-0.3, -0.25) is 4.98 Å². The van der Waals surface area contributed by atoms with E-state index in [1.807, 2.05) is 0 Å². The smallest absolute Gasteiger partial charge is 0.0705 e. The lowest BCUT2D eigenvalue weighted by Crippen LogP contribution is -1.91. The summed E-state index contributed by atoms with van der Waals surface area (Å²) in [5.41, 5.74) is 2.39. The summed E-state index contributed by atoms with van der Waals surface area (Å²) in [7, 11) is 0. The van der Waals surface area contributed by atoms with E-state index in [1.54, 1.807) is 0 Å². The molecule has 1 aromatic carbocycles. The van der Waals surface area contributed by atoms with Gasteiger partial charge in [-0.25, -0.2) is 0 Å². The van der Waals surface area contributed by atoms with Crippen LogP contribution in [0.15, 0.2) is 36.4 Å². The van der Waals surface area contributed by atoms with Crippen molar-refractivity contribution in [1.29, 1.82) is 0 Å². The van der Waals surface area contributed by atoms with E-state index in [0.29, 0.717) is 0 Å². The van der Waals surface area contributed by atoms with Gasteiger partial charge in [0.15, 0.2) is 0 Å². The zero-order valence-electron chi connectivity index (χ0n) is 18.4. The fraction of sp³-hybridized carbons (Fsp3) is 0.667. The molecule has 0 bridgehead atoms. The van der Waals surface area contributed by atoms with Gasteiger partial charge in [0.1, 0.15) is 0 Å². The lowest BCUT2D eigenvalue weighted by Gasteiger charge is -2.04. The first-order chi connectivity index (χ1) is 13.9. The van der Waals surface area contributed by atoms with Gasteiger partial charge in [0, 0.05) is 11.1 Å². The summed E-state index contributed by atoms with van der Waals surface area (Å²) in [6, 6.07) is 12.8. The maximum absolute atomic E-state index is 4.78. The monoisotopic (exact) mass is 381 g/mol. The average molecular weight is 382 g/mol. The largest absolute Gasteiger partial charge is 0.253 e. The van der Waals surface area contributed by atoms with Gasteiger partial charge in [-0.2, -0.15) is 0 Å². The molecule has 0 aliphatic rings. The predicted octanol–water partition coefficient (Wildman–Crippen LogP) is 9.04. The number of aromatic nitrogens is 1. The quantitative estimate of drug-likeness (QED) is 0.249. The molecule has 0 fully saturated rings. The Morgan fingerprint density at radius 2 is 1.04 bits per heavy atom. The fourth-order valence-corrected chi connectivity index (χ4v) is 4.10. The summed E-state index contributed by atoms with van der Waals surface area (Å²) in [6.07, 6.45) is 24.0. The molecule has 0 saturated carbocycles. The van der Waals surface area contributed by atoms with E-state index >= 15 is 0 Å². The number of para-hydroxylation sites is 1. The van der Waals surface area contributed by atoms with E-state index < -0.39 is 0 Å². The number of unbranched alkanes of at least 4 members (excludes halogenated alkanes) is 15. The van der Waals surface area contributed by atoms with Gasteiger partial charge in [0.25, 0.3) is 0 Å². The second kappa shape index (κ2) is 15.5. The molecule has 1 nitrogen and oxygen atoms in total. The van der Waals surface area contributed by atoms with E-state index in [9.17, 15) is 0 Å². The van der Waals surface area contributed by atoms with Crippen molar-refractivity contribution in [3.8, 4) is 0 Å². The Balaban J connectivity index is 1.35. The molecule has 156 valence electrons. The third-order valence-electron chi connectivity index (χ3n) is 5.94. The highest BCUT2D eigenvalue weighted by atomic mass is 14.7. The van der Waals surface area contributed by atoms with Crippen molar-refractivity contribution in [3.63, 3.8) is 0 Å². The minimum atomic E-state index is 1.13. The van der Waals surface area contributed by atoms with Crippen LogP contribution in [0.3, 0.4) is 0 Å². The van der Waals surface area contributed by atoms with Gasteiger partial charge in [0.05, 0.1) is 5.52 Å². The van der Waals surface area contributed by atoms with Crippen LogP contribution in [0, 0.1) is 0 Å². The second-order valence-electron chi connectivity index (χ2n) is 8.55. The van der Waals surface area contributed by atoms with Gasteiger partial charge in [-0.05, 0) is 25.0 Å². The first-order valence-corrected chi connectivity index (χ1v) is 12.2. The molecule has 0 N–H and O–H groups in total. The first kappa shape index (κ1) is 22.9. The summed E-state index contributed by atoms with van der Waals surface area (Å²) >= 11 is 0. The molecule has 2 rings (SSSR count). The average Bonchev–Trinajstić information content (AvgIpc) is 2.73. The minimum Gasteiger partial charge on any atom is -0.253 e. The summed E-state index contributed by atoms with van der Waals surface area (Å²) in [4.78, 5) is 4.78. The van der Waals surface area contributed by atoms with Crippen molar-refractivity contribution < 1.29 is 0 Å². The minimum absolute atomic E-state index is 1.13. The van der Waals surface area contributed by atoms with Gasteiger partial charge < -0.3 is 0 Å². The number of pyridine rings is 1. The van der Waals surface area contributed by atoms with Gasteiger partial charge in [0.2, 0.25) is 0 Å². The Morgan fingerprint density at radius 1 is 0.536 bits per heavy atom. The highest BCUT2D eigenvalue weighted by Gasteiger charge is 1.99. The van der Waals surface area contributed by atoms with Crippen LogP contribution in [0.1, 0.15) is 115 Å². The number of fused-ring (bicyclic) bond motifs is 1. The number of benzene rings is 1. The molecule has 0 spiro atoms. The van der Waals surface area contributed by atoms with Crippen molar-refractivity contribution in [2.75, 3.05) is 0 Å². The molecule has 1 heterocycles. The Labute approximate surface area is 174 Å². The van der Waals surface area contributed by atoms with Crippen molar-refractivity contribution in [2.45, 2.75) is 116 Å². The molecule has 1 heteroatoms. The second-order valence-corrected chi connectivity index (χ2v) is 8.55. The molecule has 1 aromatic heterocycles. The van der Waals surface area contributed by atoms with Gasteiger partial charge >= 0.3 is 0 Å².